The van der Waals surface area contributed by atoms with Gasteiger partial charge in [-0.1, -0.05) is 0 Å². The van der Waals surface area contributed by atoms with E-state index in [9.17, 15) is 5.11 Å². The molecule has 0 aliphatic heterocycles. The monoisotopic (exact) mass is 258 g/mol. The fourth-order valence-corrected chi connectivity index (χ4v) is 2.25. The van der Waals surface area contributed by atoms with E-state index in [1.807, 2.05) is 16.8 Å². The molecular formula is C9H7BrO2S. The lowest BCUT2D eigenvalue weighted by molar-refractivity contribution is 0.218. The van der Waals surface area contributed by atoms with Crippen LogP contribution in [0.4, 0.5) is 0 Å². The van der Waals surface area contributed by atoms with Crippen LogP contribution in [0.15, 0.2) is 38.2 Å². The summed E-state index contributed by atoms with van der Waals surface area (Å²) in [4.78, 5) is 0. The van der Waals surface area contributed by atoms with Crippen LogP contribution in [0.1, 0.15) is 17.2 Å². The van der Waals surface area contributed by atoms with Crippen molar-refractivity contribution >= 4 is 27.3 Å². The quantitative estimate of drug-likeness (QED) is 0.898. The molecule has 0 fully saturated rings. The minimum absolute atomic E-state index is 0.589. The Labute approximate surface area is 87.9 Å². The van der Waals surface area contributed by atoms with Crippen molar-refractivity contribution in [1.29, 1.82) is 0 Å². The van der Waals surface area contributed by atoms with Crippen LogP contribution in [0.3, 0.4) is 0 Å². The normalized spacial score (nSPS) is 13.1. The van der Waals surface area contributed by atoms with Gasteiger partial charge in [-0.3, -0.25) is 0 Å². The summed E-state index contributed by atoms with van der Waals surface area (Å²) in [6.07, 6.45) is 0.953. The third kappa shape index (κ3) is 1.70. The molecule has 0 radical (unpaired) electrons. The van der Waals surface area contributed by atoms with Crippen molar-refractivity contribution in [1.82, 2.24) is 0 Å². The maximum absolute atomic E-state index is 9.87. The Balaban J connectivity index is 2.33. The first kappa shape index (κ1) is 8.99. The summed E-state index contributed by atoms with van der Waals surface area (Å²) in [5.74, 6) is 0. The Morgan fingerprint density at radius 3 is 2.85 bits per heavy atom. The molecule has 0 saturated heterocycles. The molecule has 1 unspecified atom stereocenters. The maximum atomic E-state index is 9.87. The second-order valence-electron chi connectivity index (χ2n) is 2.61. The third-order valence-electron chi connectivity index (χ3n) is 1.80. The van der Waals surface area contributed by atoms with E-state index in [4.69, 9.17) is 4.42 Å². The zero-order chi connectivity index (χ0) is 9.26. The predicted molar refractivity (Wildman–Crippen MR) is 54.8 cm³/mol. The molecule has 0 aliphatic carbocycles. The molecule has 13 heavy (non-hydrogen) atoms. The van der Waals surface area contributed by atoms with Gasteiger partial charge in [0.25, 0.3) is 0 Å². The highest BCUT2D eigenvalue weighted by Crippen LogP contribution is 2.30. The summed E-state index contributed by atoms with van der Waals surface area (Å²) in [6.45, 7) is 0. The first-order chi connectivity index (χ1) is 6.29. The minimum atomic E-state index is -0.598. The van der Waals surface area contributed by atoms with Crippen molar-refractivity contribution in [2.24, 2.45) is 0 Å². The average molecular weight is 259 g/mol. The van der Waals surface area contributed by atoms with Gasteiger partial charge in [0.15, 0.2) is 4.67 Å². The van der Waals surface area contributed by atoms with Crippen molar-refractivity contribution < 1.29 is 9.52 Å². The molecule has 0 bridgehead atoms. The molecule has 2 heterocycles. The SMILES string of the molecule is OC(c1ccsc1)c1ccoc1Br. The summed E-state index contributed by atoms with van der Waals surface area (Å²) in [5, 5.41) is 13.7. The molecule has 0 spiro atoms. The Kier molecular flexibility index (Phi) is 2.53. The van der Waals surface area contributed by atoms with Gasteiger partial charge in [-0.25, -0.2) is 0 Å². The van der Waals surface area contributed by atoms with E-state index in [0.717, 1.165) is 11.1 Å². The topological polar surface area (TPSA) is 33.4 Å². The molecule has 0 aromatic carbocycles. The van der Waals surface area contributed by atoms with Crippen LogP contribution in [0.2, 0.25) is 0 Å². The van der Waals surface area contributed by atoms with Gasteiger partial charge in [-0.2, -0.15) is 11.3 Å². The Hall–Kier alpha value is -0.580. The standard InChI is InChI=1S/C9H7BrO2S/c10-9-7(1-3-12-9)8(11)6-2-4-13-5-6/h1-5,8,11H. The van der Waals surface area contributed by atoms with Crippen LogP contribution >= 0.6 is 27.3 Å². The van der Waals surface area contributed by atoms with Crippen molar-refractivity contribution in [3.8, 4) is 0 Å². The fraction of sp³-hybridized carbons (Fsp3) is 0.111. The van der Waals surface area contributed by atoms with E-state index >= 15 is 0 Å². The van der Waals surface area contributed by atoms with Gasteiger partial charge in [-0.05, 0) is 44.4 Å². The van der Waals surface area contributed by atoms with E-state index < -0.39 is 6.10 Å². The van der Waals surface area contributed by atoms with Gasteiger partial charge in [0.1, 0.15) is 6.10 Å². The Morgan fingerprint density at radius 2 is 2.31 bits per heavy atom. The first-order valence-corrected chi connectivity index (χ1v) is 5.45. The number of hydrogen-bond acceptors (Lipinski definition) is 3. The summed E-state index contributed by atoms with van der Waals surface area (Å²) >= 11 is 4.79. The van der Waals surface area contributed by atoms with Gasteiger partial charge < -0.3 is 9.52 Å². The molecular weight excluding hydrogens is 252 g/mol. The summed E-state index contributed by atoms with van der Waals surface area (Å²) in [6, 6.07) is 3.65. The van der Waals surface area contributed by atoms with Crippen LogP contribution in [-0.4, -0.2) is 5.11 Å². The molecule has 0 aliphatic rings. The molecule has 0 saturated carbocycles. The highest BCUT2D eigenvalue weighted by molar-refractivity contribution is 9.10. The molecule has 4 heteroatoms. The van der Waals surface area contributed by atoms with Crippen LogP contribution in [-0.2, 0) is 0 Å². The Morgan fingerprint density at radius 1 is 1.46 bits per heavy atom. The fourth-order valence-electron chi connectivity index (χ4n) is 1.11. The van der Waals surface area contributed by atoms with E-state index in [-0.39, 0.29) is 0 Å². The molecule has 0 amide bonds. The van der Waals surface area contributed by atoms with E-state index in [1.54, 1.807) is 23.7 Å². The largest absolute Gasteiger partial charge is 0.457 e. The summed E-state index contributed by atoms with van der Waals surface area (Å²) in [7, 11) is 0. The van der Waals surface area contributed by atoms with Crippen molar-refractivity contribution in [2.45, 2.75) is 6.10 Å². The zero-order valence-corrected chi connectivity index (χ0v) is 9.01. The lowest BCUT2D eigenvalue weighted by Gasteiger charge is -2.05. The van der Waals surface area contributed by atoms with Crippen LogP contribution in [0.5, 0.6) is 0 Å². The third-order valence-corrected chi connectivity index (χ3v) is 3.15. The number of aliphatic hydroxyl groups is 1. The van der Waals surface area contributed by atoms with Crippen molar-refractivity contribution in [2.75, 3.05) is 0 Å². The molecule has 2 aromatic heterocycles. The van der Waals surface area contributed by atoms with E-state index in [2.05, 4.69) is 15.9 Å². The lowest BCUT2D eigenvalue weighted by Crippen LogP contribution is -1.96. The summed E-state index contributed by atoms with van der Waals surface area (Å²) < 4.78 is 5.63. The molecule has 68 valence electrons. The number of hydrogen-bond donors (Lipinski definition) is 1. The molecule has 2 rings (SSSR count). The smallest absolute Gasteiger partial charge is 0.175 e. The lowest BCUT2D eigenvalue weighted by atomic mass is 10.1. The van der Waals surface area contributed by atoms with Crippen molar-refractivity contribution in [3.63, 3.8) is 0 Å². The number of furan rings is 1. The van der Waals surface area contributed by atoms with Gasteiger partial charge in [0.05, 0.1) is 6.26 Å². The Bertz CT molecular complexity index is 380. The van der Waals surface area contributed by atoms with Gasteiger partial charge in [0.2, 0.25) is 0 Å². The van der Waals surface area contributed by atoms with E-state index in [0.29, 0.717) is 4.67 Å². The van der Waals surface area contributed by atoms with Crippen LogP contribution in [0, 0.1) is 0 Å². The number of aliphatic hydroxyl groups excluding tert-OH is 1. The minimum Gasteiger partial charge on any atom is -0.457 e. The predicted octanol–water partition coefficient (Wildman–Crippen LogP) is 3.19. The zero-order valence-electron chi connectivity index (χ0n) is 6.61. The molecule has 2 nitrogen and oxygen atoms in total. The van der Waals surface area contributed by atoms with E-state index in [1.165, 1.54) is 0 Å². The van der Waals surface area contributed by atoms with Gasteiger partial charge >= 0.3 is 0 Å². The highest BCUT2D eigenvalue weighted by Gasteiger charge is 2.15. The molecule has 1 atom stereocenters. The van der Waals surface area contributed by atoms with Crippen LogP contribution in [0.25, 0.3) is 0 Å². The highest BCUT2D eigenvalue weighted by atomic mass is 79.9. The number of thiophene rings is 1. The van der Waals surface area contributed by atoms with Crippen molar-refractivity contribution in [3.05, 3.63) is 45.0 Å². The number of halogens is 1. The molecule has 2 aromatic rings. The maximum Gasteiger partial charge on any atom is 0.175 e. The van der Waals surface area contributed by atoms with Gasteiger partial charge in [-0.15, -0.1) is 0 Å². The van der Waals surface area contributed by atoms with Crippen LogP contribution < -0.4 is 0 Å². The first-order valence-electron chi connectivity index (χ1n) is 3.72. The van der Waals surface area contributed by atoms with Gasteiger partial charge in [0, 0.05) is 5.56 Å². The summed E-state index contributed by atoms with van der Waals surface area (Å²) in [5.41, 5.74) is 1.66. The average Bonchev–Trinajstić information content (AvgIpc) is 2.72. The second kappa shape index (κ2) is 3.65. The second-order valence-corrected chi connectivity index (χ2v) is 4.11. The number of rotatable bonds is 2. The molecule has 1 N–H and O–H groups in total.